The number of fused-ring (bicyclic) bond motifs is 3. The van der Waals surface area contributed by atoms with Crippen LogP contribution in [0.25, 0.3) is 27.5 Å². The molecule has 0 spiro atoms. The highest BCUT2D eigenvalue weighted by Gasteiger charge is 2.29. The highest BCUT2D eigenvalue weighted by molar-refractivity contribution is 7.32. The molecule has 2 N–H and O–H groups in total. The Labute approximate surface area is 354 Å². The molecular formula is C44H47NO14P2. The molecular weight excluding hydrogens is 828 g/mol. The molecule has 4 heterocycles. The van der Waals surface area contributed by atoms with Gasteiger partial charge in [-0.05, 0) is 32.4 Å². The van der Waals surface area contributed by atoms with Crippen LogP contribution in [0.3, 0.4) is 0 Å². The molecule has 4 atom stereocenters. The van der Waals surface area contributed by atoms with Gasteiger partial charge < -0.3 is 65.3 Å². The van der Waals surface area contributed by atoms with Gasteiger partial charge in [-0.15, -0.1) is 0 Å². The van der Waals surface area contributed by atoms with Crippen LogP contribution in [0.4, 0.5) is 0 Å². The molecule has 322 valence electrons. The summed E-state index contributed by atoms with van der Waals surface area (Å²) >= 11 is 0. The molecule has 17 heteroatoms. The van der Waals surface area contributed by atoms with Crippen molar-refractivity contribution in [3.8, 4) is 11.5 Å². The number of hydrogen-bond donors (Lipinski definition) is 2. The SMILES string of the molecule is CCOC(OC)C1=CC=CCC(c2cccc(C3OCCO3)c2O)=C1OPOCc1ncccc1Op1oc2c(C(O)OCC)cccc2c2cccc(C3OCCO3)c2o1. The maximum atomic E-state index is 11.6. The van der Waals surface area contributed by atoms with Crippen molar-refractivity contribution in [1.82, 2.24) is 4.98 Å². The first-order valence-corrected chi connectivity index (χ1v) is 21.8. The molecule has 8 rings (SSSR count). The Bertz CT molecular complexity index is 2440. The number of aliphatic hydroxyl groups excluding tert-OH is 1. The molecule has 2 aliphatic heterocycles. The third kappa shape index (κ3) is 9.58. The van der Waals surface area contributed by atoms with Crippen molar-refractivity contribution in [2.24, 2.45) is 0 Å². The average molecular weight is 876 g/mol. The minimum Gasteiger partial charge on any atom is -0.507 e. The van der Waals surface area contributed by atoms with Crippen LogP contribution in [-0.2, 0) is 48.8 Å². The van der Waals surface area contributed by atoms with Crippen LogP contribution in [0.1, 0.15) is 67.1 Å². The lowest BCUT2D eigenvalue weighted by Gasteiger charge is -2.24. The fraction of sp³-hybridized carbons (Fsp3) is 0.341. The van der Waals surface area contributed by atoms with E-state index >= 15 is 0 Å². The summed E-state index contributed by atoms with van der Waals surface area (Å²) < 4.78 is 72.8. The normalized spacial score (nSPS) is 17.7. The summed E-state index contributed by atoms with van der Waals surface area (Å²) in [5.74, 6) is 0.791. The van der Waals surface area contributed by atoms with Crippen molar-refractivity contribution in [3.05, 3.63) is 130 Å². The molecule has 61 heavy (non-hydrogen) atoms. The van der Waals surface area contributed by atoms with Gasteiger partial charge in [0.1, 0.15) is 23.8 Å². The fourth-order valence-corrected chi connectivity index (χ4v) is 8.90. The molecule has 2 saturated heterocycles. The first kappa shape index (κ1) is 43.1. The number of methoxy groups -OCH3 is 1. The third-order valence-electron chi connectivity index (χ3n) is 9.94. The number of ether oxygens (including phenoxy) is 7. The van der Waals surface area contributed by atoms with Crippen LogP contribution in [0.15, 0.2) is 111 Å². The fourth-order valence-electron chi connectivity index (χ4n) is 7.18. The molecule has 3 aromatic carbocycles. The Morgan fingerprint density at radius 1 is 0.836 bits per heavy atom. The van der Waals surface area contributed by atoms with Crippen molar-refractivity contribution < 1.29 is 65.3 Å². The number of pyridine rings is 1. The van der Waals surface area contributed by atoms with Gasteiger partial charge in [-0.25, -0.2) is 0 Å². The molecule has 5 aromatic rings. The van der Waals surface area contributed by atoms with E-state index in [1.165, 1.54) is 0 Å². The Kier molecular flexibility index (Phi) is 14.5. The van der Waals surface area contributed by atoms with Gasteiger partial charge in [-0.3, -0.25) is 4.98 Å². The van der Waals surface area contributed by atoms with E-state index in [4.69, 9.17) is 55.1 Å². The number of nitrogens with zero attached hydrogens (tertiary/aromatic N) is 1. The number of phenols is 1. The molecule has 3 aliphatic rings. The van der Waals surface area contributed by atoms with Crippen LogP contribution in [0.5, 0.6) is 11.5 Å². The number of allylic oxidation sites excluding steroid dienone is 4. The highest BCUT2D eigenvalue weighted by Crippen LogP contribution is 2.45. The van der Waals surface area contributed by atoms with E-state index in [0.29, 0.717) is 112 Å². The van der Waals surface area contributed by atoms with Crippen molar-refractivity contribution in [2.75, 3.05) is 46.8 Å². The summed E-state index contributed by atoms with van der Waals surface area (Å²) in [6.45, 7) is 6.06. The predicted molar refractivity (Wildman–Crippen MR) is 226 cm³/mol. The third-order valence-corrected chi connectivity index (χ3v) is 11.5. The number of aromatic hydroxyl groups is 1. The van der Waals surface area contributed by atoms with Crippen LogP contribution in [-0.4, -0.2) is 68.2 Å². The topological polar surface area (TPSA) is 172 Å². The van der Waals surface area contributed by atoms with Crippen LogP contribution in [0.2, 0.25) is 0 Å². The largest absolute Gasteiger partial charge is 0.507 e. The molecule has 1 aliphatic carbocycles. The molecule has 2 fully saturated rings. The van der Waals surface area contributed by atoms with E-state index in [1.807, 2.05) is 67.6 Å². The van der Waals surface area contributed by atoms with Gasteiger partial charge in [0, 0.05) is 48.4 Å². The minimum absolute atomic E-state index is 0.0233. The maximum Gasteiger partial charge on any atom is 0.453 e. The Morgan fingerprint density at radius 2 is 1.52 bits per heavy atom. The molecule has 4 unspecified atom stereocenters. The second-order valence-electron chi connectivity index (χ2n) is 13.7. The molecule has 0 saturated carbocycles. The summed E-state index contributed by atoms with van der Waals surface area (Å²) in [4.78, 5) is 4.58. The number of aliphatic hydroxyl groups is 1. The number of phenolic OH excluding ortho intramolecular Hbond substituents is 1. The van der Waals surface area contributed by atoms with E-state index in [0.717, 1.165) is 0 Å². The first-order valence-electron chi connectivity index (χ1n) is 19.9. The molecule has 15 nitrogen and oxygen atoms in total. The van der Waals surface area contributed by atoms with Crippen LogP contribution >= 0.6 is 17.3 Å². The molecule has 0 radical (unpaired) electrons. The zero-order valence-corrected chi connectivity index (χ0v) is 35.7. The smallest absolute Gasteiger partial charge is 0.453 e. The van der Waals surface area contributed by atoms with Gasteiger partial charge in [-0.2, -0.15) is 0 Å². The maximum absolute atomic E-state index is 11.6. The second kappa shape index (κ2) is 20.5. The molecule has 2 aromatic heterocycles. The van der Waals surface area contributed by atoms with E-state index in [2.05, 4.69) is 4.98 Å². The number of aromatic nitrogens is 1. The number of benzene rings is 3. The first-order chi connectivity index (χ1) is 30.0. The summed E-state index contributed by atoms with van der Waals surface area (Å²) in [7, 11) is -1.22. The minimum atomic E-state index is -2.23. The van der Waals surface area contributed by atoms with Gasteiger partial charge in [0.15, 0.2) is 42.1 Å². The lowest BCUT2D eigenvalue weighted by molar-refractivity contribution is -0.0974. The van der Waals surface area contributed by atoms with E-state index in [1.54, 1.807) is 44.5 Å². The van der Waals surface area contributed by atoms with Crippen LogP contribution < -0.4 is 4.52 Å². The quantitative estimate of drug-likeness (QED) is 0.0513. The summed E-state index contributed by atoms with van der Waals surface area (Å²) in [6.07, 6.45) is 4.40. The van der Waals surface area contributed by atoms with Crippen molar-refractivity contribution in [2.45, 2.75) is 52.0 Å². The number of hydrogen-bond acceptors (Lipinski definition) is 15. The lowest BCUT2D eigenvalue weighted by Crippen LogP contribution is -2.20. The van der Waals surface area contributed by atoms with Gasteiger partial charge in [-0.1, -0.05) is 72.8 Å². The zero-order chi connectivity index (χ0) is 42.1. The van der Waals surface area contributed by atoms with Crippen LogP contribution in [0, 0.1) is 0 Å². The van der Waals surface area contributed by atoms with Crippen molar-refractivity contribution >= 4 is 44.8 Å². The lowest BCUT2D eigenvalue weighted by atomic mass is 9.96. The van der Waals surface area contributed by atoms with E-state index < -0.39 is 42.4 Å². The summed E-state index contributed by atoms with van der Waals surface area (Å²) in [5, 5.41) is 24.0. The highest BCUT2D eigenvalue weighted by atomic mass is 31.1. The van der Waals surface area contributed by atoms with Crippen molar-refractivity contribution in [3.63, 3.8) is 0 Å². The van der Waals surface area contributed by atoms with E-state index in [9.17, 15) is 10.2 Å². The summed E-state index contributed by atoms with van der Waals surface area (Å²) in [6, 6.07) is 20.0. The van der Waals surface area contributed by atoms with Gasteiger partial charge >= 0.3 is 8.24 Å². The van der Waals surface area contributed by atoms with Gasteiger partial charge in [0.25, 0.3) is 0 Å². The standard InChI is InChI=1S/C44H47NO14P2/c1-4-49-41(47)32-18-9-15-29-30-16-10-19-34(44-53-24-25-54-44)40(30)59-61(58-39(29)32)57-36-20-11-21-45-35(36)26-55-60-56-38-28(12-6-7-13-33(38)42(48-3)50-5-2)27-14-8-17-31(37(27)46)43-51-22-23-52-43/h6-11,13-21,41-44,46-47,60H,4-5,12,22-26H2,1-3H3. The average Bonchev–Trinajstić information content (AvgIpc) is 3.96. The monoisotopic (exact) mass is 875 g/mol. The van der Waals surface area contributed by atoms with Crippen molar-refractivity contribution in [1.29, 1.82) is 0 Å². The Balaban J connectivity index is 1.11. The van der Waals surface area contributed by atoms with Gasteiger partial charge in [0.05, 0.1) is 48.7 Å². The second-order valence-corrected chi connectivity index (χ2v) is 15.3. The summed E-state index contributed by atoms with van der Waals surface area (Å²) in [5.41, 5.74) is 4.69. The zero-order valence-electron chi connectivity index (χ0n) is 33.8. The Hall–Kier alpha value is -4.60. The number of rotatable bonds is 17. The van der Waals surface area contributed by atoms with Gasteiger partial charge in [0.2, 0.25) is 9.03 Å². The molecule has 0 amide bonds. The number of para-hydroxylation sites is 3. The predicted octanol–water partition coefficient (Wildman–Crippen LogP) is 9.70. The Morgan fingerprint density at radius 3 is 2.28 bits per heavy atom. The molecule has 0 bridgehead atoms. The van der Waals surface area contributed by atoms with E-state index in [-0.39, 0.29) is 19.0 Å².